The Balaban J connectivity index is 1.81. The first-order valence-corrected chi connectivity index (χ1v) is 6.29. The molecule has 0 amide bonds. The van der Waals surface area contributed by atoms with Gasteiger partial charge in [-0.05, 0) is 38.1 Å². The summed E-state index contributed by atoms with van der Waals surface area (Å²) >= 11 is 0. The van der Waals surface area contributed by atoms with Crippen molar-refractivity contribution in [3.63, 3.8) is 0 Å². The van der Waals surface area contributed by atoms with Gasteiger partial charge in [0.05, 0.1) is 12.7 Å². The second-order valence-electron chi connectivity index (χ2n) is 4.50. The van der Waals surface area contributed by atoms with Crippen molar-refractivity contribution in [2.45, 2.75) is 45.1 Å². The second kappa shape index (κ2) is 8.08. The van der Waals surface area contributed by atoms with Gasteiger partial charge in [-0.25, -0.2) is 0 Å². The molecule has 1 saturated carbocycles. The number of hydrogen-bond donors (Lipinski definition) is 2. The monoisotopic (exact) mass is 215 g/mol. The summed E-state index contributed by atoms with van der Waals surface area (Å²) in [6.45, 7) is 5.85. The Morgan fingerprint density at radius 2 is 2.20 bits per heavy atom. The van der Waals surface area contributed by atoms with E-state index in [2.05, 4.69) is 12.2 Å². The van der Waals surface area contributed by atoms with Crippen molar-refractivity contribution in [2.24, 2.45) is 5.92 Å². The van der Waals surface area contributed by atoms with Gasteiger partial charge in [0.15, 0.2) is 0 Å². The maximum Gasteiger partial charge on any atom is 0.0590 e. The minimum absolute atomic E-state index is 0.0439. The molecule has 0 radical (unpaired) electrons. The lowest BCUT2D eigenvalue weighted by Gasteiger charge is -2.10. The van der Waals surface area contributed by atoms with E-state index in [9.17, 15) is 5.11 Å². The van der Waals surface area contributed by atoms with Gasteiger partial charge in [-0.15, -0.1) is 0 Å². The van der Waals surface area contributed by atoms with Gasteiger partial charge >= 0.3 is 0 Å². The maximum absolute atomic E-state index is 9.35. The first-order chi connectivity index (χ1) is 7.33. The van der Waals surface area contributed by atoms with Crippen LogP contribution in [0.1, 0.15) is 39.0 Å². The van der Waals surface area contributed by atoms with E-state index in [1.165, 1.54) is 12.8 Å². The van der Waals surface area contributed by atoms with E-state index < -0.39 is 0 Å². The molecule has 0 aliphatic heterocycles. The summed E-state index contributed by atoms with van der Waals surface area (Å²) in [7, 11) is 0. The van der Waals surface area contributed by atoms with Crippen molar-refractivity contribution in [3.8, 4) is 0 Å². The predicted molar refractivity (Wildman–Crippen MR) is 61.9 cm³/mol. The number of aliphatic hydroxyl groups excluding tert-OH is 1. The molecular weight excluding hydrogens is 190 g/mol. The van der Waals surface area contributed by atoms with Crippen LogP contribution in [0.5, 0.6) is 0 Å². The van der Waals surface area contributed by atoms with Gasteiger partial charge in [-0.2, -0.15) is 0 Å². The molecule has 0 aromatic heterocycles. The molecule has 90 valence electrons. The van der Waals surface area contributed by atoms with E-state index in [0.717, 1.165) is 45.6 Å². The summed E-state index contributed by atoms with van der Waals surface area (Å²) in [6, 6.07) is 0. The fourth-order valence-corrected chi connectivity index (χ4v) is 2.03. The number of hydrogen-bond acceptors (Lipinski definition) is 3. The summed E-state index contributed by atoms with van der Waals surface area (Å²) in [4.78, 5) is 0. The van der Waals surface area contributed by atoms with Gasteiger partial charge in [0.2, 0.25) is 0 Å². The zero-order chi connectivity index (χ0) is 10.9. The van der Waals surface area contributed by atoms with E-state index in [-0.39, 0.29) is 6.10 Å². The van der Waals surface area contributed by atoms with Gasteiger partial charge in [0.1, 0.15) is 0 Å². The van der Waals surface area contributed by atoms with Crippen molar-refractivity contribution in [1.29, 1.82) is 0 Å². The predicted octanol–water partition coefficient (Wildman–Crippen LogP) is 1.55. The van der Waals surface area contributed by atoms with Crippen LogP contribution in [0.25, 0.3) is 0 Å². The molecule has 0 aromatic rings. The average molecular weight is 215 g/mol. The highest BCUT2D eigenvalue weighted by Gasteiger charge is 2.21. The maximum atomic E-state index is 9.35. The van der Waals surface area contributed by atoms with Crippen molar-refractivity contribution in [3.05, 3.63) is 0 Å². The van der Waals surface area contributed by atoms with Gasteiger partial charge in [0, 0.05) is 13.2 Å². The SMILES string of the molecule is CCCCOCCNCC1CCC(O)C1. The highest BCUT2D eigenvalue weighted by atomic mass is 16.5. The number of ether oxygens (including phenoxy) is 1. The van der Waals surface area contributed by atoms with Crippen LogP contribution in [-0.4, -0.2) is 37.5 Å². The van der Waals surface area contributed by atoms with Gasteiger partial charge in [0.25, 0.3) is 0 Å². The van der Waals surface area contributed by atoms with Gasteiger partial charge in [-0.1, -0.05) is 13.3 Å². The third-order valence-corrected chi connectivity index (χ3v) is 3.01. The standard InChI is InChI=1S/C12H25NO2/c1-2-3-7-15-8-6-13-10-11-4-5-12(14)9-11/h11-14H,2-10H2,1H3. The van der Waals surface area contributed by atoms with E-state index in [1.54, 1.807) is 0 Å². The Bertz CT molecular complexity index is 153. The van der Waals surface area contributed by atoms with Gasteiger partial charge < -0.3 is 15.2 Å². The first-order valence-electron chi connectivity index (χ1n) is 6.29. The molecule has 0 heterocycles. The minimum Gasteiger partial charge on any atom is -0.393 e. The van der Waals surface area contributed by atoms with E-state index in [4.69, 9.17) is 4.74 Å². The Morgan fingerprint density at radius 1 is 1.33 bits per heavy atom. The molecule has 0 saturated heterocycles. The third kappa shape index (κ3) is 6.13. The summed E-state index contributed by atoms with van der Waals surface area (Å²) in [5.74, 6) is 0.677. The number of rotatable bonds is 8. The molecule has 15 heavy (non-hydrogen) atoms. The van der Waals surface area contributed by atoms with Crippen LogP contribution in [0.3, 0.4) is 0 Å². The van der Waals surface area contributed by atoms with E-state index in [1.807, 2.05) is 0 Å². The van der Waals surface area contributed by atoms with Crippen LogP contribution in [0.2, 0.25) is 0 Å². The normalized spacial score (nSPS) is 26.0. The van der Waals surface area contributed by atoms with Crippen LogP contribution in [-0.2, 0) is 4.74 Å². The van der Waals surface area contributed by atoms with Gasteiger partial charge in [-0.3, -0.25) is 0 Å². The molecule has 0 spiro atoms. The van der Waals surface area contributed by atoms with Crippen LogP contribution in [0.15, 0.2) is 0 Å². The molecule has 0 aromatic carbocycles. The van der Waals surface area contributed by atoms with Crippen LogP contribution in [0, 0.1) is 5.92 Å². The molecule has 3 heteroatoms. The molecule has 3 nitrogen and oxygen atoms in total. The number of aliphatic hydroxyl groups is 1. The molecule has 1 aliphatic carbocycles. The largest absolute Gasteiger partial charge is 0.393 e. The number of unbranched alkanes of at least 4 members (excludes halogenated alkanes) is 1. The first kappa shape index (κ1) is 12.9. The summed E-state index contributed by atoms with van der Waals surface area (Å²) in [5.41, 5.74) is 0. The van der Waals surface area contributed by atoms with Crippen molar-refractivity contribution < 1.29 is 9.84 Å². The molecule has 1 aliphatic rings. The van der Waals surface area contributed by atoms with Crippen molar-refractivity contribution in [1.82, 2.24) is 5.32 Å². The second-order valence-corrected chi connectivity index (χ2v) is 4.50. The molecule has 2 unspecified atom stereocenters. The number of nitrogens with one attached hydrogen (secondary N) is 1. The molecular formula is C12H25NO2. The lowest BCUT2D eigenvalue weighted by atomic mass is 10.1. The zero-order valence-corrected chi connectivity index (χ0v) is 9.87. The minimum atomic E-state index is -0.0439. The third-order valence-electron chi connectivity index (χ3n) is 3.01. The highest BCUT2D eigenvalue weighted by molar-refractivity contribution is 4.75. The highest BCUT2D eigenvalue weighted by Crippen LogP contribution is 2.24. The Kier molecular flexibility index (Phi) is 6.98. The fraction of sp³-hybridized carbons (Fsp3) is 1.00. The van der Waals surface area contributed by atoms with Crippen LogP contribution < -0.4 is 5.32 Å². The van der Waals surface area contributed by atoms with Crippen molar-refractivity contribution in [2.75, 3.05) is 26.3 Å². The smallest absolute Gasteiger partial charge is 0.0590 e. The molecule has 0 bridgehead atoms. The Hall–Kier alpha value is -0.120. The topological polar surface area (TPSA) is 41.5 Å². The quantitative estimate of drug-likeness (QED) is 0.604. The van der Waals surface area contributed by atoms with Crippen molar-refractivity contribution >= 4 is 0 Å². The molecule has 2 atom stereocenters. The van der Waals surface area contributed by atoms with Crippen LogP contribution >= 0.6 is 0 Å². The van der Waals surface area contributed by atoms with E-state index >= 15 is 0 Å². The molecule has 1 rings (SSSR count). The summed E-state index contributed by atoms with van der Waals surface area (Å²) in [5, 5.41) is 12.7. The molecule has 1 fully saturated rings. The fourth-order valence-electron chi connectivity index (χ4n) is 2.03. The molecule has 2 N–H and O–H groups in total. The lowest BCUT2D eigenvalue weighted by Crippen LogP contribution is -2.25. The Morgan fingerprint density at radius 3 is 2.87 bits per heavy atom. The van der Waals surface area contributed by atoms with Crippen LogP contribution in [0.4, 0.5) is 0 Å². The summed E-state index contributed by atoms with van der Waals surface area (Å²) < 4.78 is 5.45. The zero-order valence-electron chi connectivity index (χ0n) is 9.87. The Labute approximate surface area is 93.2 Å². The lowest BCUT2D eigenvalue weighted by molar-refractivity contribution is 0.132. The van der Waals surface area contributed by atoms with E-state index in [0.29, 0.717) is 5.92 Å². The average Bonchev–Trinajstić information content (AvgIpc) is 2.63. The summed E-state index contributed by atoms with van der Waals surface area (Å²) in [6.07, 6.45) is 5.45.